The maximum Gasteiger partial charge on any atom is 0.305 e. The van der Waals surface area contributed by atoms with Crippen LogP contribution in [0.1, 0.15) is 78.1 Å². The summed E-state index contributed by atoms with van der Waals surface area (Å²) in [6.07, 6.45) is 12.8. The van der Waals surface area contributed by atoms with Gasteiger partial charge in [0.05, 0.1) is 13.2 Å². The van der Waals surface area contributed by atoms with Gasteiger partial charge in [-0.05, 0) is 38.5 Å². The molecular formula is C18H32O4. The van der Waals surface area contributed by atoms with Crippen LogP contribution in [0.25, 0.3) is 0 Å². The molecule has 0 atom stereocenters. The van der Waals surface area contributed by atoms with Crippen LogP contribution in [0.5, 0.6) is 0 Å². The minimum atomic E-state index is -0.179. The lowest BCUT2D eigenvalue weighted by Gasteiger charge is -2.04. The summed E-state index contributed by atoms with van der Waals surface area (Å²) >= 11 is 0. The quantitative estimate of drug-likeness (QED) is 0.268. The van der Waals surface area contributed by atoms with Crippen molar-refractivity contribution in [3.05, 3.63) is 12.2 Å². The summed E-state index contributed by atoms with van der Waals surface area (Å²) in [6, 6.07) is 0. The first kappa shape index (κ1) is 20.7. The van der Waals surface area contributed by atoms with E-state index in [0.29, 0.717) is 38.9 Å². The number of ether oxygens (including phenoxy) is 2. The first-order valence-electron chi connectivity index (χ1n) is 8.66. The van der Waals surface area contributed by atoms with E-state index in [1.54, 1.807) is 0 Å². The van der Waals surface area contributed by atoms with Crippen LogP contribution in [-0.2, 0) is 19.1 Å². The maximum atomic E-state index is 11.5. The third-order valence-corrected chi connectivity index (χ3v) is 3.17. The van der Waals surface area contributed by atoms with E-state index in [2.05, 4.69) is 19.1 Å². The fourth-order valence-corrected chi connectivity index (χ4v) is 1.89. The summed E-state index contributed by atoms with van der Waals surface area (Å²) < 4.78 is 10.1. The van der Waals surface area contributed by atoms with Gasteiger partial charge in [-0.15, -0.1) is 0 Å². The predicted molar refractivity (Wildman–Crippen MR) is 88.6 cm³/mol. The summed E-state index contributed by atoms with van der Waals surface area (Å²) in [5.74, 6) is -0.357. The number of carbonyl (C=O) groups is 2. The largest absolute Gasteiger partial charge is 0.466 e. The van der Waals surface area contributed by atoms with Gasteiger partial charge in [-0.25, -0.2) is 0 Å². The average Bonchev–Trinajstić information content (AvgIpc) is 2.52. The summed E-state index contributed by atoms with van der Waals surface area (Å²) in [7, 11) is 0. The molecule has 4 nitrogen and oxygen atoms in total. The highest BCUT2D eigenvalue weighted by molar-refractivity contribution is 5.70. The van der Waals surface area contributed by atoms with E-state index < -0.39 is 0 Å². The third kappa shape index (κ3) is 15.1. The van der Waals surface area contributed by atoms with E-state index in [0.717, 1.165) is 19.3 Å². The monoisotopic (exact) mass is 312 g/mol. The summed E-state index contributed by atoms with van der Waals surface area (Å²) in [5.41, 5.74) is 0. The molecular weight excluding hydrogens is 280 g/mol. The normalized spacial score (nSPS) is 10.8. The standard InChI is InChI=1S/C18H32O4/c1-3-5-6-7-8-9-12-16-22-18(20)14-11-10-13-17(19)21-15-4-2/h8-9H,3-7,10-16H2,1-2H3/b9-8-. The van der Waals surface area contributed by atoms with Gasteiger partial charge >= 0.3 is 11.9 Å². The Morgan fingerprint density at radius 1 is 0.727 bits per heavy atom. The van der Waals surface area contributed by atoms with E-state index in [-0.39, 0.29) is 11.9 Å². The summed E-state index contributed by atoms with van der Waals surface area (Å²) in [4.78, 5) is 22.7. The van der Waals surface area contributed by atoms with E-state index >= 15 is 0 Å². The molecule has 4 heteroatoms. The van der Waals surface area contributed by atoms with Crippen molar-refractivity contribution >= 4 is 11.9 Å². The van der Waals surface area contributed by atoms with Crippen molar-refractivity contribution < 1.29 is 19.1 Å². The van der Waals surface area contributed by atoms with E-state index in [4.69, 9.17) is 9.47 Å². The van der Waals surface area contributed by atoms with Crippen molar-refractivity contribution in [2.45, 2.75) is 78.1 Å². The minimum Gasteiger partial charge on any atom is -0.466 e. The van der Waals surface area contributed by atoms with Gasteiger partial charge in [-0.3, -0.25) is 9.59 Å². The number of hydrogen-bond donors (Lipinski definition) is 0. The lowest BCUT2D eigenvalue weighted by atomic mass is 10.2. The van der Waals surface area contributed by atoms with Crippen molar-refractivity contribution in [1.29, 1.82) is 0 Å². The van der Waals surface area contributed by atoms with Crippen LogP contribution in [0.4, 0.5) is 0 Å². The van der Waals surface area contributed by atoms with Crippen molar-refractivity contribution in [2.24, 2.45) is 0 Å². The second kappa shape index (κ2) is 16.1. The van der Waals surface area contributed by atoms with Crippen LogP contribution >= 0.6 is 0 Å². The van der Waals surface area contributed by atoms with Gasteiger partial charge in [0.2, 0.25) is 0 Å². The van der Waals surface area contributed by atoms with Gasteiger partial charge in [-0.2, -0.15) is 0 Å². The lowest BCUT2D eigenvalue weighted by Crippen LogP contribution is -2.07. The van der Waals surface area contributed by atoms with Crippen LogP contribution in [0.3, 0.4) is 0 Å². The predicted octanol–water partition coefficient (Wildman–Crippen LogP) is 4.57. The molecule has 0 amide bonds. The topological polar surface area (TPSA) is 52.6 Å². The van der Waals surface area contributed by atoms with Gasteiger partial charge in [-0.1, -0.05) is 38.8 Å². The van der Waals surface area contributed by atoms with Gasteiger partial charge in [0.1, 0.15) is 0 Å². The number of rotatable bonds is 14. The van der Waals surface area contributed by atoms with Crippen LogP contribution in [-0.4, -0.2) is 25.2 Å². The van der Waals surface area contributed by atoms with Crippen molar-refractivity contribution in [3.8, 4) is 0 Å². The number of carbonyl (C=O) groups excluding carboxylic acids is 2. The van der Waals surface area contributed by atoms with Crippen LogP contribution in [0, 0.1) is 0 Å². The lowest BCUT2D eigenvalue weighted by molar-refractivity contribution is -0.145. The Morgan fingerprint density at radius 2 is 1.32 bits per heavy atom. The molecule has 0 radical (unpaired) electrons. The second-order valence-electron chi connectivity index (χ2n) is 5.40. The molecule has 128 valence electrons. The molecule has 0 fully saturated rings. The van der Waals surface area contributed by atoms with Gasteiger partial charge in [0.25, 0.3) is 0 Å². The molecule has 0 saturated carbocycles. The van der Waals surface area contributed by atoms with Crippen molar-refractivity contribution in [1.82, 2.24) is 0 Å². The molecule has 0 saturated heterocycles. The molecule has 0 unspecified atom stereocenters. The SMILES string of the molecule is CCCCC/C=C\CCOC(=O)CCCCC(=O)OCCC. The van der Waals surface area contributed by atoms with E-state index in [1.807, 2.05) is 6.92 Å². The highest BCUT2D eigenvalue weighted by Gasteiger charge is 2.05. The highest BCUT2D eigenvalue weighted by Crippen LogP contribution is 2.04. The molecule has 0 N–H and O–H groups in total. The molecule has 0 aromatic heterocycles. The number of esters is 2. The highest BCUT2D eigenvalue weighted by atomic mass is 16.5. The first-order chi connectivity index (χ1) is 10.7. The zero-order valence-electron chi connectivity index (χ0n) is 14.3. The van der Waals surface area contributed by atoms with Crippen LogP contribution < -0.4 is 0 Å². The minimum absolute atomic E-state index is 0.177. The summed E-state index contributed by atoms with van der Waals surface area (Å²) in [5, 5.41) is 0. The third-order valence-electron chi connectivity index (χ3n) is 3.17. The van der Waals surface area contributed by atoms with Crippen LogP contribution in [0.2, 0.25) is 0 Å². The molecule has 0 aliphatic carbocycles. The Hall–Kier alpha value is -1.32. The van der Waals surface area contributed by atoms with Crippen LogP contribution in [0.15, 0.2) is 12.2 Å². The van der Waals surface area contributed by atoms with E-state index in [9.17, 15) is 9.59 Å². The van der Waals surface area contributed by atoms with Gasteiger partial charge < -0.3 is 9.47 Å². The molecule has 0 aliphatic rings. The van der Waals surface area contributed by atoms with Gasteiger partial charge in [0, 0.05) is 12.8 Å². The fraction of sp³-hybridized carbons (Fsp3) is 0.778. The van der Waals surface area contributed by atoms with Gasteiger partial charge in [0.15, 0.2) is 0 Å². The first-order valence-corrected chi connectivity index (χ1v) is 8.66. The number of hydrogen-bond acceptors (Lipinski definition) is 4. The molecule has 0 bridgehead atoms. The van der Waals surface area contributed by atoms with Crippen molar-refractivity contribution in [2.75, 3.05) is 13.2 Å². The zero-order chi connectivity index (χ0) is 16.5. The Kier molecular flexibility index (Phi) is 15.1. The average molecular weight is 312 g/mol. The second-order valence-corrected chi connectivity index (χ2v) is 5.40. The molecule has 0 aliphatic heterocycles. The Labute approximate surface area is 135 Å². The number of allylic oxidation sites excluding steroid dienone is 1. The molecule has 0 aromatic rings. The Balaban J connectivity index is 3.37. The maximum absolute atomic E-state index is 11.5. The molecule has 0 rings (SSSR count). The Morgan fingerprint density at radius 3 is 1.91 bits per heavy atom. The van der Waals surface area contributed by atoms with Crippen molar-refractivity contribution in [3.63, 3.8) is 0 Å². The molecule has 22 heavy (non-hydrogen) atoms. The smallest absolute Gasteiger partial charge is 0.305 e. The zero-order valence-corrected chi connectivity index (χ0v) is 14.3. The summed E-state index contributed by atoms with van der Waals surface area (Å²) in [6.45, 7) is 5.08. The molecule has 0 heterocycles. The number of unbranched alkanes of at least 4 members (excludes halogenated alkanes) is 4. The molecule has 0 aromatic carbocycles. The molecule has 0 spiro atoms. The Bertz CT molecular complexity index is 310. The fourth-order valence-electron chi connectivity index (χ4n) is 1.89. The van der Waals surface area contributed by atoms with E-state index in [1.165, 1.54) is 19.3 Å².